The van der Waals surface area contributed by atoms with Gasteiger partial charge in [0.05, 0.1) is 35.0 Å². The summed E-state index contributed by atoms with van der Waals surface area (Å²) in [6.45, 7) is 6.67. The molecule has 0 radical (unpaired) electrons. The second-order valence-electron chi connectivity index (χ2n) is 5.67. The van der Waals surface area contributed by atoms with Gasteiger partial charge in [0, 0.05) is 6.07 Å². The third-order valence-corrected chi connectivity index (χ3v) is 3.99. The Morgan fingerprint density at radius 1 is 1.19 bits per heavy atom. The summed E-state index contributed by atoms with van der Waals surface area (Å²) in [6.07, 6.45) is -0.754. The lowest BCUT2D eigenvalue weighted by Gasteiger charge is -2.34. The second kappa shape index (κ2) is 8.43. The molecule has 9 heteroatoms. The molecule has 0 bridgehead atoms. The Labute approximate surface area is 156 Å². The number of carbonyl (C=O) groups is 2. The number of amides is 1. The van der Waals surface area contributed by atoms with Crippen LogP contribution in [-0.2, 0) is 14.3 Å². The molecule has 0 aromatic heterocycles. The smallest absolute Gasteiger partial charge is 0.416 e. The van der Waals surface area contributed by atoms with Gasteiger partial charge in [-0.3, -0.25) is 15.0 Å². The monoisotopic (exact) mass is 375 g/mol. The van der Waals surface area contributed by atoms with Gasteiger partial charge < -0.3 is 9.47 Å². The average molecular weight is 375 g/mol. The second-order valence-corrected chi connectivity index (χ2v) is 5.67. The number of allylic oxidation sites excluding steroid dienone is 1. The first-order valence-corrected chi connectivity index (χ1v) is 8.45. The van der Waals surface area contributed by atoms with Gasteiger partial charge in [0.15, 0.2) is 0 Å². The minimum atomic E-state index is -1.08. The van der Waals surface area contributed by atoms with E-state index in [9.17, 15) is 19.7 Å². The number of ether oxygens (including phenoxy) is 2. The van der Waals surface area contributed by atoms with Crippen molar-refractivity contribution in [3.63, 3.8) is 0 Å². The van der Waals surface area contributed by atoms with Crippen molar-refractivity contribution < 1.29 is 24.0 Å². The van der Waals surface area contributed by atoms with E-state index in [1.165, 1.54) is 18.2 Å². The quantitative estimate of drug-likeness (QED) is 0.443. The summed E-state index contributed by atoms with van der Waals surface area (Å²) in [6, 6.07) is 4.85. The summed E-state index contributed by atoms with van der Waals surface area (Å²) < 4.78 is 10.2. The molecule has 0 saturated carbocycles. The first kappa shape index (κ1) is 20.1. The summed E-state index contributed by atoms with van der Waals surface area (Å²) in [7, 11) is 0. The molecule has 0 fully saturated rings. The van der Waals surface area contributed by atoms with Gasteiger partial charge >= 0.3 is 12.1 Å². The van der Waals surface area contributed by atoms with Crippen LogP contribution >= 0.6 is 0 Å². The summed E-state index contributed by atoms with van der Waals surface area (Å²) in [5, 5.41) is 11.5. The molecule has 144 valence electrons. The van der Waals surface area contributed by atoms with Crippen molar-refractivity contribution in [1.29, 1.82) is 0 Å². The first-order chi connectivity index (χ1) is 12.8. The normalized spacial score (nSPS) is 16.7. The number of rotatable bonds is 5. The molecule has 1 heterocycles. The lowest BCUT2D eigenvalue weighted by atomic mass is 9.93. The maximum absolute atomic E-state index is 12.6. The molecule has 1 atom stereocenters. The maximum atomic E-state index is 12.6. The van der Waals surface area contributed by atoms with Crippen LogP contribution in [-0.4, -0.2) is 40.9 Å². The molecular weight excluding hydrogens is 354 g/mol. The minimum Gasteiger partial charge on any atom is -0.463 e. The molecule has 27 heavy (non-hydrogen) atoms. The molecule has 9 nitrogen and oxygen atoms in total. The van der Waals surface area contributed by atoms with Gasteiger partial charge in [-0.1, -0.05) is 12.1 Å². The summed E-state index contributed by atoms with van der Waals surface area (Å²) >= 11 is 0. The van der Waals surface area contributed by atoms with E-state index in [-0.39, 0.29) is 35.9 Å². The number of para-hydroxylation sites is 1. The summed E-state index contributed by atoms with van der Waals surface area (Å²) in [4.78, 5) is 41.6. The molecule has 0 spiro atoms. The highest BCUT2D eigenvalue weighted by molar-refractivity contribution is 6.01. The van der Waals surface area contributed by atoms with E-state index in [1.807, 2.05) is 0 Å². The maximum Gasteiger partial charge on any atom is 0.416 e. The Balaban J connectivity index is 2.74. The highest BCUT2D eigenvalue weighted by atomic mass is 16.6. The minimum absolute atomic E-state index is 0.0600. The van der Waals surface area contributed by atoms with Crippen LogP contribution in [0.2, 0.25) is 0 Å². The average Bonchev–Trinajstić information content (AvgIpc) is 2.61. The van der Waals surface area contributed by atoms with E-state index in [4.69, 9.17) is 9.47 Å². The first-order valence-electron chi connectivity index (χ1n) is 8.45. The van der Waals surface area contributed by atoms with Crippen LogP contribution in [0.3, 0.4) is 0 Å². The SMILES string of the molecule is CCOC(=O)C1=C(C)N=C(C)N(C(=O)OCC)C1c1ccccc1[N+](=O)[O-]. The topological polar surface area (TPSA) is 111 Å². The van der Waals surface area contributed by atoms with Crippen molar-refractivity contribution in [3.05, 3.63) is 51.2 Å². The van der Waals surface area contributed by atoms with Gasteiger partial charge in [0.1, 0.15) is 11.9 Å². The zero-order valence-corrected chi connectivity index (χ0v) is 15.6. The van der Waals surface area contributed by atoms with E-state index < -0.39 is 23.0 Å². The van der Waals surface area contributed by atoms with Gasteiger partial charge in [0.25, 0.3) is 5.69 Å². The van der Waals surface area contributed by atoms with Crippen molar-refractivity contribution in [3.8, 4) is 0 Å². The van der Waals surface area contributed by atoms with Crippen LogP contribution in [0, 0.1) is 10.1 Å². The van der Waals surface area contributed by atoms with Gasteiger partial charge in [-0.05, 0) is 33.8 Å². The van der Waals surface area contributed by atoms with E-state index in [0.717, 1.165) is 4.90 Å². The Kier molecular flexibility index (Phi) is 6.27. The molecule has 0 saturated heterocycles. The van der Waals surface area contributed by atoms with Gasteiger partial charge in [-0.25, -0.2) is 14.6 Å². The van der Waals surface area contributed by atoms with Gasteiger partial charge in [-0.15, -0.1) is 0 Å². The van der Waals surface area contributed by atoms with E-state index in [1.54, 1.807) is 33.8 Å². The number of nitrogens with zero attached hydrogens (tertiary/aromatic N) is 3. The fourth-order valence-corrected chi connectivity index (χ4v) is 2.95. The highest BCUT2D eigenvalue weighted by Gasteiger charge is 2.42. The summed E-state index contributed by atoms with van der Waals surface area (Å²) in [5.41, 5.74) is 0.341. The van der Waals surface area contributed by atoms with Crippen LogP contribution < -0.4 is 0 Å². The van der Waals surface area contributed by atoms with E-state index in [2.05, 4.69) is 4.99 Å². The molecule has 1 aromatic carbocycles. The molecule has 1 aliphatic rings. The molecule has 1 unspecified atom stereocenters. The van der Waals surface area contributed by atoms with Crippen molar-refractivity contribution in [2.24, 2.45) is 4.99 Å². The number of aliphatic imine (C=N–C) groups is 1. The third kappa shape index (κ3) is 3.97. The van der Waals surface area contributed by atoms with Crippen molar-refractivity contribution in [2.75, 3.05) is 13.2 Å². The van der Waals surface area contributed by atoms with E-state index >= 15 is 0 Å². The Morgan fingerprint density at radius 2 is 1.81 bits per heavy atom. The number of hydrogen-bond acceptors (Lipinski definition) is 7. The van der Waals surface area contributed by atoms with Crippen molar-refractivity contribution in [1.82, 2.24) is 4.90 Å². The van der Waals surface area contributed by atoms with Gasteiger partial charge in [0.2, 0.25) is 0 Å². The fourth-order valence-electron chi connectivity index (χ4n) is 2.95. The highest BCUT2D eigenvalue weighted by Crippen LogP contribution is 2.39. The number of nitro benzene ring substituents is 1. The number of esters is 1. The molecule has 0 N–H and O–H groups in total. The van der Waals surface area contributed by atoms with Crippen LogP contribution in [0.1, 0.15) is 39.3 Å². The number of benzene rings is 1. The predicted molar refractivity (Wildman–Crippen MR) is 97.1 cm³/mol. The Morgan fingerprint density at radius 3 is 2.41 bits per heavy atom. The zero-order valence-electron chi connectivity index (χ0n) is 15.6. The predicted octanol–water partition coefficient (Wildman–Crippen LogP) is 3.36. The van der Waals surface area contributed by atoms with Crippen LogP contribution in [0.25, 0.3) is 0 Å². The summed E-state index contributed by atoms with van der Waals surface area (Å²) in [5.74, 6) is -0.425. The zero-order chi connectivity index (χ0) is 20.1. The van der Waals surface area contributed by atoms with Crippen molar-refractivity contribution >= 4 is 23.6 Å². The third-order valence-electron chi connectivity index (χ3n) is 3.99. The Hall–Kier alpha value is -3.23. The largest absolute Gasteiger partial charge is 0.463 e. The molecule has 1 aliphatic heterocycles. The number of carbonyl (C=O) groups excluding carboxylic acids is 2. The Bertz CT molecular complexity index is 830. The molecule has 1 amide bonds. The van der Waals surface area contributed by atoms with Crippen LogP contribution in [0.4, 0.5) is 10.5 Å². The molecule has 2 rings (SSSR count). The van der Waals surface area contributed by atoms with E-state index in [0.29, 0.717) is 5.70 Å². The molecule has 1 aromatic rings. The molecular formula is C18H21N3O6. The van der Waals surface area contributed by atoms with Crippen LogP contribution in [0.15, 0.2) is 40.5 Å². The van der Waals surface area contributed by atoms with Gasteiger partial charge in [-0.2, -0.15) is 0 Å². The molecule has 0 aliphatic carbocycles. The lowest BCUT2D eigenvalue weighted by Crippen LogP contribution is -2.44. The number of amidine groups is 1. The fraction of sp³-hybridized carbons (Fsp3) is 0.389. The number of hydrogen-bond donors (Lipinski definition) is 0. The van der Waals surface area contributed by atoms with Crippen molar-refractivity contribution in [2.45, 2.75) is 33.7 Å². The lowest BCUT2D eigenvalue weighted by molar-refractivity contribution is -0.385. The van der Waals surface area contributed by atoms with Crippen LogP contribution in [0.5, 0.6) is 0 Å². The standard InChI is InChI=1S/C18H21N3O6/c1-5-26-17(22)15-11(3)19-12(4)20(18(23)27-6-2)16(15)13-9-7-8-10-14(13)21(24)25/h7-10,16H,5-6H2,1-4H3. The number of nitro groups is 1.